The van der Waals surface area contributed by atoms with E-state index in [4.69, 9.17) is 9.15 Å². The van der Waals surface area contributed by atoms with Crippen LogP contribution in [0.5, 0.6) is 5.75 Å². The normalized spacial score (nSPS) is 15.3. The number of methoxy groups -OCH3 is 1. The predicted molar refractivity (Wildman–Crippen MR) is 89.8 cm³/mol. The maximum absolute atomic E-state index is 12.2. The maximum atomic E-state index is 12.2. The lowest BCUT2D eigenvalue weighted by atomic mass is 10.2. The van der Waals surface area contributed by atoms with Gasteiger partial charge in [-0.05, 0) is 25.0 Å². The predicted octanol–water partition coefficient (Wildman–Crippen LogP) is 3.85. The van der Waals surface area contributed by atoms with Gasteiger partial charge in [-0.2, -0.15) is 11.8 Å². The van der Waals surface area contributed by atoms with Gasteiger partial charge in [0, 0.05) is 22.9 Å². The van der Waals surface area contributed by atoms with Gasteiger partial charge < -0.3 is 14.5 Å². The minimum atomic E-state index is -0.162. The van der Waals surface area contributed by atoms with Crippen molar-refractivity contribution in [2.24, 2.45) is 0 Å². The third kappa shape index (κ3) is 3.40. The van der Waals surface area contributed by atoms with Crippen molar-refractivity contribution in [3.8, 4) is 5.75 Å². The van der Waals surface area contributed by atoms with Crippen LogP contribution in [0.2, 0.25) is 0 Å². The first-order valence-corrected chi connectivity index (χ1v) is 8.79. The van der Waals surface area contributed by atoms with Crippen LogP contribution in [0, 0.1) is 0 Å². The minimum absolute atomic E-state index is 0.162. The van der Waals surface area contributed by atoms with Crippen LogP contribution in [0.15, 0.2) is 28.7 Å². The Bertz CT molecular complexity index is 646. The van der Waals surface area contributed by atoms with Crippen molar-refractivity contribution in [3.05, 3.63) is 30.0 Å². The van der Waals surface area contributed by atoms with Crippen molar-refractivity contribution in [2.75, 3.05) is 19.4 Å². The molecule has 5 heteroatoms. The fourth-order valence-electron chi connectivity index (χ4n) is 2.84. The number of nitrogens with one attached hydrogen (secondary N) is 1. The van der Waals surface area contributed by atoms with Gasteiger partial charge in [-0.15, -0.1) is 0 Å². The van der Waals surface area contributed by atoms with Crippen LogP contribution in [0.1, 0.15) is 36.2 Å². The molecule has 4 nitrogen and oxygen atoms in total. The third-order valence-electron chi connectivity index (χ3n) is 4.00. The lowest BCUT2D eigenvalue weighted by molar-refractivity contribution is 0.0930. The largest absolute Gasteiger partial charge is 0.493 e. The zero-order valence-electron chi connectivity index (χ0n) is 12.8. The molecule has 0 bridgehead atoms. The number of amides is 1. The summed E-state index contributed by atoms with van der Waals surface area (Å²) in [6.45, 7) is 0.675. The average Bonchev–Trinajstić information content (AvgIpc) is 3.19. The maximum Gasteiger partial charge on any atom is 0.287 e. The number of carbonyl (C=O) groups excluding carboxylic acids is 1. The van der Waals surface area contributed by atoms with Gasteiger partial charge in [0.05, 0.1) is 7.11 Å². The first-order valence-electron chi connectivity index (χ1n) is 7.74. The van der Waals surface area contributed by atoms with Gasteiger partial charge >= 0.3 is 0 Å². The highest BCUT2D eigenvalue weighted by atomic mass is 32.2. The first-order chi connectivity index (χ1) is 10.8. The molecule has 1 aliphatic rings. The van der Waals surface area contributed by atoms with Crippen LogP contribution in [0.4, 0.5) is 0 Å². The number of carbonyl (C=O) groups is 1. The van der Waals surface area contributed by atoms with Crippen LogP contribution < -0.4 is 10.1 Å². The van der Waals surface area contributed by atoms with Gasteiger partial charge in [0.1, 0.15) is 0 Å². The Morgan fingerprint density at radius 3 is 3.00 bits per heavy atom. The molecule has 1 N–H and O–H groups in total. The van der Waals surface area contributed by atoms with Crippen molar-refractivity contribution >= 4 is 28.6 Å². The van der Waals surface area contributed by atoms with Crippen LogP contribution in [0.25, 0.3) is 11.0 Å². The minimum Gasteiger partial charge on any atom is -0.493 e. The molecule has 2 aromatic rings. The highest BCUT2D eigenvalue weighted by Gasteiger charge is 2.16. The van der Waals surface area contributed by atoms with E-state index in [1.165, 1.54) is 25.7 Å². The lowest BCUT2D eigenvalue weighted by Gasteiger charge is -2.08. The molecule has 118 valence electrons. The monoisotopic (exact) mass is 319 g/mol. The van der Waals surface area contributed by atoms with E-state index >= 15 is 0 Å². The second-order valence-electron chi connectivity index (χ2n) is 5.52. The van der Waals surface area contributed by atoms with Crippen LogP contribution in [-0.2, 0) is 0 Å². The zero-order valence-corrected chi connectivity index (χ0v) is 13.6. The molecule has 22 heavy (non-hydrogen) atoms. The van der Waals surface area contributed by atoms with Crippen LogP contribution >= 0.6 is 11.8 Å². The molecule has 1 aliphatic carbocycles. The van der Waals surface area contributed by atoms with Gasteiger partial charge in [-0.1, -0.05) is 25.0 Å². The Morgan fingerprint density at radius 1 is 1.41 bits per heavy atom. The Kier molecular flexibility index (Phi) is 4.93. The summed E-state index contributed by atoms with van der Waals surface area (Å²) in [6, 6.07) is 7.38. The van der Waals surface area contributed by atoms with Crippen LogP contribution in [-0.4, -0.2) is 30.6 Å². The molecule has 1 amide bonds. The Hall–Kier alpha value is -1.62. The number of fused-ring (bicyclic) bond motifs is 1. The van der Waals surface area contributed by atoms with E-state index in [0.717, 1.165) is 16.4 Å². The van der Waals surface area contributed by atoms with E-state index in [0.29, 0.717) is 23.6 Å². The molecule has 1 aromatic heterocycles. The molecular weight excluding hydrogens is 298 g/mol. The number of hydrogen-bond donors (Lipinski definition) is 1. The molecular formula is C17H21NO3S. The van der Waals surface area contributed by atoms with E-state index in [1.807, 2.05) is 30.0 Å². The summed E-state index contributed by atoms with van der Waals surface area (Å²) in [5.41, 5.74) is 0.621. The summed E-state index contributed by atoms with van der Waals surface area (Å²) in [5.74, 6) is 1.78. The topological polar surface area (TPSA) is 51.5 Å². The number of para-hydroxylation sites is 1. The summed E-state index contributed by atoms with van der Waals surface area (Å²) in [5, 5.41) is 4.59. The van der Waals surface area contributed by atoms with Crippen molar-refractivity contribution in [1.29, 1.82) is 0 Å². The highest BCUT2D eigenvalue weighted by Crippen LogP contribution is 2.29. The van der Waals surface area contributed by atoms with Crippen molar-refractivity contribution in [3.63, 3.8) is 0 Å². The lowest BCUT2D eigenvalue weighted by Crippen LogP contribution is -2.25. The highest BCUT2D eigenvalue weighted by molar-refractivity contribution is 7.99. The Morgan fingerprint density at radius 2 is 2.23 bits per heavy atom. The number of thioether (sulfide) groups is 1. The molecule has 0 radical (unpaired) electrons. The summed E-state index contributed by atoms with van der Waals surface area (Å²) in [6.07, 6.45) is 5.35. The van der Waals surface area contributed by atoms with Crippen LogP contribution in [0.3, 0.4) is 0 Å². The number of benzene rings is 1. The number of rotatable bonds is 6. The average molecular weight is 319 g/mol. The molecule has 1 aromatic carbocycles. The number of furan rings is 1. The van der Waals surface area contributed by atoms with E-state index in [-0.39, 0.29) is 5.91 Å². The number of ether oxygens (including phenoxy) is 1. The molecule has 0 atom stereocenters. The Labute approximate surface area is 134 Å². The van der Waals surface area contributed by atoms with Gasteiger partial charge in [0.15, 0.2) is 17.1 Å². The molecule has 0 aliphatic heterocycles. The van der Waals surface area contributed by atoms with E-state index < -0.39 is 0 Å². The molecule has 0 unspecified atom stereocenters. The number of hydrogen-bond acceptors (Lipinski definition) is 4. The standard InChI is InChI=1S/C17H21NO3S/c1-20-14-8-4-5-12-11-15(21-16(12)14)17(19)18-9-10-22-13-6-2-3-7-13/h4-5,8,11,13H,2-3,6-7,9-10H2,1H3,(H,18,19). The molecule has 3 rings (SSSR count). The summed E-state index contributed by atoms with van der Waals surface area (Å²) < 4.78 is 10.9. The summed E-state index contributed by atoms with van der Waals surface area (Å²) in [4.78, 5) is 12.2. The van der Waals surface area contributed by atoms with E-state index in [1.54, 1.807) is 13.2 Å². The quantitative estimate of drug-likeness (QED) is 0.822. The molecule has 0 spiro atoms. The second-order valence-corrected chi connectivity index (χ2v) is 6.93. The van der Waals surface area contributed by atoms with Crippen molar-refractivity contribution < 1.29 is 13.9 Å². The van der Waals surface area contributed by atoms with Gasteiger partial charge in [-0.25, -0.2) is 0 Å². The fourth-order valence-corrected chi connectivity index (χ4v) is 4.06. The smallest absolute Gasteiger partial charge is 0.287 e. The van der Waals surface area contributed by atoms with E-state index in [9.17, 15) is 4.79 Å². The first kappa shape index (κ1) is 15.3. The van der Waals surface area contributed by atoms with Gasteiger partial charge in [0.2, 0.25) is 0 Å². The Balaban J connectivity index is 1.55. The molecule has 1 saturated carbocycles. The second kappa shape index (κ2) is 7.09. The SMILES string of the molecule is COc1cccc2cc(C(=O)NCCSC3CCCC3)oc12. The summed E-state index contributed by atoms with van der Waals surface area (Å²) >= 11 is 1.97. The molecule has 0 saturated heterocycles. The zero-order chi connectivity index (χ0) is 15.4. The molecule has 1 heterocycles. The van der Waals surface area contributed by atoms with E-state index in [2.05, 4.69) is 5.32 Å². The van der Waals surface area contributed by atoms with Gasteiger partial charge in [0.25, 0.3) is 5.91 Å². The van der Waals surface area contributed by atoms with Crippen molar-refractivity contribution in [1.82, 2.24) is 5.32 Å². The van der Waals surface area contributed by atoms with Gasteiger partial charge in [-0.3, -0.25) is 4.79 Å². The summed E-state index contributed by atoms with van der Waals surface area (Å²) in [7, 11) is 1.59. The fraction of sp³-hybridized carbons (Fsp3) is 0.471. The molecule has 1 fully saturated rings. The van der Waals surface area contributed by atoms with Crippen molar-refractivity contribution in [2.45, 2.75) is 30.9 Å². The third-order valence-corrected chi connectivity index (χ3v) is 5.38.